The van der Waals surface area contributed by atoms with Gasteiger partial charge in [-0.05, 0) is 43.0 Å². The Kier molecular flexibility index (Phi) is 3.85. The molecule has 3 aromatic heterocycles. The number of anilines is 1. The zero-order chi connectivity index (χ0) is 20.4. The van der Waals surface area contributed by atoms with Crippen molar-refractivity contribution in [2.45, 2.75) is 26.2 Å². The number of thiophene rings is 1. The van der Waals surface area contributed by atoms with Gasteiger partial charge < -0.3 is 5.32 Å². The van der Waals surface area contributed by atoms with Gasteiger partial charge in [-0.3, -0.25) is 4.79 Å². The first-order valence-electron chi connectivity index (χ1n) is 9.83. The van der Waals surface area contributed by atoms with Crippen molar-refractivity contribution in [1.29, 1.82) is 0 Å². The number of hydrogen-bond donors (Lipinski definition) is 1. The molecule has 5 nitrogen and oxygen atoms in total. The van der Waals surface area contributed by atoms with E-state index in [0.717, 1.165) is 32.4 Å². The van der Waals surface area contributed by atoms with Crippen molar-refractivity contribution >= 4 is 54.7 Å². The standard InChI is InChI=1S/C23H18N4OS2/c1-12-20-15(21-13(2)29-17-9-5-3-7-14(17)21)11-19(28)25-22(20)27(26-12)23-24-16-8-4-6-10-18(16)30-23/h3-10,15H,11H2,1-2H3,(H,25,28)/t15-/m1/s1. The Morgan fingerprint density at radius 3 is 2.60 bits per heavy atom. The number of hydrogen-bond acceptors (Lipinski definition) is 5. The number of aromatic nitrogens is 3. The predicted molar refractivity (Wildman–Crippen MR) is 123 cm³/mol. The fourth-order valence-corrected chi connectivity index (χ4v) is 6.55. The van der Waals surface area contributed by atoms with Crippen molar-refractivity contribution in [2.75, 3.05) is 5.32 Å². The fraction of sp³-hybridized carbons (Fsp3) is 0.174. The van der Waals surface area contributed by atoms with E-state index in [1.165, 1.54) is 20.5 Å². The van der Waals surface area contributed by atoms with Gasteiger partial charge in [-0.2, -0.15) is 9.78 Å². The minimum absolute atomic E-state index is 0.00646. The van der Waals surface area contributed by atoms with E-state index < -0.39 is 0 Å². The summed E-state index contributed by atoms with van der Waals surface area (Å²) in [5.74, 6) is 0.764. The highest BCUT2D eigenvalue weighted by molar-refractivity contribution is 7.20. The molecule has 4 heterocycles. The molecule has 7 heteroatoms. The summed E-state index contributed by atoms with van der Waals surface area (Å²) in [5.41, 5.74) is 4.22. The number of carbonyl (C=O) groups excluding carboxylic acids is 1. The summed E-state index contributed by atoms with van der Waals surface area (Å²) in [6.45, 7) is 4.18. The molecule has 0 saturated carbocycles. The molecule has 0 radical (unpaired) electrons. The van der Waals surface area contributed by atoms with Crippen LogP contribution in [0.1, 0.15) is 34.0 Å². The fourth-order valence-electron chi connectivity index (χ4n) is 4.50. The SMILES string of the molecule is Cc1nn(-c2nc3ccccc3s2)c2c1[C@H](c1c(C)sc3ccccc13)CC(=O)N2. The number of aryl methyl sites for hydroxylation is 2. The minimum Gasteiger partial charge on any atom is -0.310 e. The maximum absolute atomic E-state index is 12.8. The molecule has 0 saturated heterocycles. The van der Waals surface area contributed by atoms with Gasteiger partial charge in [0.2, 0.25) is 11.0 Å². The van der Waals surface area contributed by atoms with E-state index in [1.54, 1.807) is 22.7 Å². The molecule has 0 fully saturated rings. The van der Waals surface area contributed by atoms with Crippen molar-refractivity contribution in [1.82, 2.24) is 14.8 Å². The molecule has 148 valence electrons. The summed E-state index contributed by atoms with van der Waals surface area (Å²) >= 11 is 3.37. The Hall–Kier alpha value is -3.03. The molecule has 1 atom stereocenters. The highest BCUT2D eigenvalue weighted by Gasteiger charge is 2.35. The van der Waals surface area contributed by atoms with Crippen LogP contribution >= 0.6 is 22.7 Å². The third-order valence-electron chi connectivity index (χ3n) is 5.73. The van der Waals surface area contributed by atoms with Crippen molar-refractivity contribution in [3.05, 3.63) is 70.2 Å². The number of nitrogens with one attached hydrogen (secondary N) is 1. The molecule has 5 aromatic rings. The van der Waals surface area contributed by atoms with Gasteiger partial charge in [0.05, 0.1) is 15.9 Å². The van der Waals surface area contributed by atoms with Gasteiger partial charge in [0.25, 0.3) is 0 Å². The zero-order valence-electron chi connectivity index (χ0n) is 16.5. The number of benzene rings is 2. The van der Waals surface area contributed by atoms with E-state index in [0.29, 0.717) is 6.42 Å². The average Bonchev–Trinajstić information content (AvgIpc) is 3.39. The van der Waals surface area contributed by atoms with Gasteiger partial charge in [-0.1, -0.05) is 41.7 Å². The third kappa shape index (κ3) is 2.55. The summed E-state index contributed by atoms with van der Waals surface area (Å²) < 4.78 is 4.17. The molecule has 0 unspecified atom stereocenters. The van der Waals surface area contributed by atoms with Crippen molar-refractivity contribution < 1.29 is 4.79 Å². The number of rotatable bonds is 2. The summed E-state index contributed by atoms with van der Waals surface area (Å²) in [4.78, 5) is 18.8. The highest BCUT2D eigenvalue weighted by atomic mass is 32.1. The van der Waals surface area contributed by atoms with E-state index in [1.807, 2.05) is 29.8 Å². The van der Waals surface area contributed by atoms with Crippen LogP contribution in [-0.4, -0.2) is 20.7 Å². The number of nitrogens with zero attached hydrogens (tertiary/aromatic N) is 3. The molecular formula is C23H18N4OS2. The molecule has 0 aliphatic carbocycles. The Morgan fingerprint density at radius 1 is 1.00 bits per heavy atom. The van der Waals surface area contributed by atoms with Gasteiger partial charge >= 0.3 is 0 Å². The van der Waals surface area contributed by atoms with Crippen molar-refractivity contribution in [3.8, 4) is 5.13 Å². The first-order chi connectivity index (χ1) is 14.6. The molecule has 1 aliphatic rings. The monoisotopic (exact) mass is 430 g/mol. The third-order valence-corrected chi connectivity index (χ3v) is 7.85. The maximum atomic E-state index is 12.8. The molecule has 0 bridgehead atoms. The second kappa shape index (κ2) is 6.48. The summed E-state index contributed by atoms with van der Waals surface area (Å²) in [7, 11) is 0. The number of para-hydroxylation sites is 1. The summed E-state index contributed by atoms with van der Waals surface area (Å²) in [5, 5.41) is 9.90. The van der Waals surface area contributed by atoms with Crippen LogP contribution in [0.3, 0.4) is 0 Å². The molecule has 1 amide bonds. The Bertz CT molecular complexity index is 1430. The second-order valence-corrected chi connectivity index (χ2v) is 9.86. The molecule has 30 heavy (non-hydrogen) atoms. The molecule has 6 rings (SSSR count). The molecule has 0 spiro atoms. The van der Waals surface area contributed by atoms with E-state index in [4.69, 9.17) is 10.1 Å². The van der Waals surface area contributed by atoms with E-state index in [-0.39, 0.29) is 11.8 Å². The van der Waals surface area contributed by atoms with Crippen LogP contribution in [0.25, 0.3) is 25.4 Å². The van der Waals surface area contributed by atoms with E-state index in [9.17, 15) is 4.79 Å². The lowest BCUT2D eigenvalue weighted by molar-refractivity contribution is -0.116. The zero-order valence-corrected chi connectivity index (χ0v) is 18.1. The van der Waals surface area contributed by atoms with Crippen LogP contribution in [0.2, 0.25) is 0 Å². The van der Waals surface area contributed by atoms with Crippen LogP contribution < -0.4 is 5.32 Å². The Balaban J connectivity index is 1.57. The topological polar surface area (TPSA) is 59.8 Å². The largest absolute Gasteiger partial charge is 0.310 e. The molecule has 1 aliphatic heterocycles. The van der Waals surface area contributed by atoms with Crippen LogP contribution in [0.4, 0.5) is 5.82 Å². The quantitative estimate of drug-likeness (QED) is 0.386. The first-order valence-corrected chi connectivity index (χ1v) is 11.5. The number of fused-ring (bicyclic) bond motifs is 3. The smallest absolute Gasteiger partial charge is 0.226 e. The van der Waals surface area contributed by atoms with Crippen LogP contribution in [0, 0.1) is 13.8 Å². The second-order valence-electron chi connectivity index (χ2n) is 7.60. The van der Waals surface area contributed by atoms with Crippen LogP contribution in [-0.2, 0) is 4.79 Å². The highest BCUT2D eigenvalue weighted by Crippen LogP contribution is 2.46. The molecule has 2 aromatic carbocycles. The van der Waals surface area contributed by atoms with E-state index >= 15 is 0 Å². The van der Waals surface area contributed by atoms with Gasteiger partial charge in [-0.15, -0.1) is 11.3 Å². The minimum atomic E-state index is -0.00646. The van der Waals surface area contributed by atoms with Gasteiger partial charge in [-0.25, -0.2) is 4.98 Å². The normalized spacial score (nSPS) is 16.2. The van der Waals surface area contributed by atoms with Crippen molar-refractivity contribution in [2.24, 2.45) is 0 Å². The predicted octanol–water partition coefficient (Wildman–Crippen LogP) is 5.79. The molecule has 1 N–H and O–H groups in total. The Labute approximate surface area is 181 Å². The maximum Gasteiger partial charge on any atom is 0.226 e. The summed E-state index contributed by atoms with van der Waals surface area (Å²) in [6.07, 6.45) is 0.431. The number of amides is 1. The first kappa shape index (κ1) is 17.8. The summed E-state index contributed by atoms with van der Waals surface area (Å²) in [6, 6.07) is 16.5. The lowest BCUT2D eigenvalue weighted by Crippen LogP contribution is -2.25. The van der Waals surface area contributed by atoms with Gasteiger partial charge in [0, 0.05) is 27.5 Å². The lowest BCUT2D eigenvalue weighted by atomic mass is 9.84. The van der Waals surface area contributed by atoms with Gasteiger partial charge in [0.15, 0.2) is 0 Å². The molecular weight excluding hydrogens is 412 g/mol. The van der Waals surface area contributed by atoms with Crippen LogP contribution in [0.15, 0.2) is 48.5 Å². The Morgan fingerprint density at radius 2 is 1.77 bits per heavy atom. The van der Waals surface area contributed by atoms with Crippen molar-refractivity contribution in [3.63, 3.8) is 0 Å². The van der Waals surface area contributed by atoms with Crippen LogP contribution in [0.5, 0.6) is 0 Å². The average molecular weight is 431 g/mol. The lowest BCUT2D eigenvalue weighted by Gasteiger charge is -2.24. The number of carbonyl (C=O) groups is 1. The number of thiazole rings is 1. The van der Waals surface area contributed by atoms with Gasteiger partial charge in [0.1, 0.15) is 5.82 Å². The van der Waals surface area contributed by atoms with E-state index in [2.05, 4.69) is 42.6 Å².